The normalized spacial score (nSPS) is 11.1. The molecule has 0 N–H and O–H groups in total. The number of carbonyl (C=O) groups excluding carboxylic acids is 1. The summed E-state index contributed by atoms with van der Waals surface area (Å²) in [7, 11) is 1.30. The van der Waals surface area contributed by atoms with Crippen molar-refractivity contribution >= 4 is 6.16 Å². The highest BCUT2D eigenvalue weighted by atomic mass is 19.4. The first kappa shape index (κ1) is 14.3. The van der Waals surface area contributed by atoms with Crippen LogP contribution in [0.15, 0.2) is 24.3 Å². The van der Waals surface area contributed by atoms with E-state index < -0.39 is 24.5 Å². The Labute approximate surface area is 101 Å². The topological polar surface area (TPSA) is 44.8 Å². The average Bonchev–Trinajstić information content (AvgIpc) is 2.33. The minimum Gasteiger partial charge on any atom is -0.429 e. The van der Waals surface area contributed by atoms with Crippen molar-refractivity contribution in [3.63, 3.8) is 0 Å². The lowest BCUT2D eigenvalue weighted by molar-refractivity contribution is -0.138. The number of halogens is 3. The Hall–Kier alpha value is -1.76. The first-order valence-corrected chi connectivity index (χ1v) is 4.88. The maximum absolute atomic E-state index is 12.6. The molecule has 100 valence electrons. The van der Waals surface area contributed by atoms with Crippen LogP contribution in [0.25, 0.3) is 0 Å². The number of hydrogen-bond donors (Lipinski definition) is 0. The minimum atomic E-state index is -4.49. The Bertz CT molecular complexity index is 404. The Morgan fingerprint density at radius 1 is 1.22 bits per heavy atom. The second-order valence-corrected chi connectivity index (χ2v) is 3.24. The van der Waals surface area contributed by atoms with Crippen LogP contribution >= 0.6 is 0 Å². The van der Waals surface area contributed by atoms with Crippen molar-refractivity contribution in [2.75, 3.05) is 13.9 Å². The highest BCUT2D eigenvalue weighted by Crippen LogP contribution is 2.32. The van der Waals surface area contributed by atoms with Crippen LogP contribution in [-0.2, 0) is 27.0 Å². The van der Waals surface area contributed by atoms with Crippen LogP contribution in [0.4, 0.5) is 18.0 Å². The summed E-state index contributed by atoms with van der Waals surface area (Å²) in [6.45, 7) is -0.835. The molecule has 0 aliphatic heterocycles. The molecule has 0 aromatic heterocycles. The monoisotopic (exact) mass is 264 g/mol. The van der Waals surface area contributed by atoms with Crippen molar-refractivity contribution in [3.05, 3.63) is 35.4 Å². The number of hydrogen-bond acceptors (Lipinski definition) is 4. The first-order valence-electron chi connectivity index (χ1n) is 4.88. The van der Waals surface area contributed by atoms with Crippen LogP contribution < -0.4 is 0 Å². The lowest BCUT2D eigenvalue weighted by Crippen LogP contribution is -2.13. The van der Waals surface area contributed by atoms with Crippen molar-refractivity contribution in [1.82, 2.24) is 0 Å². The maximum atomic E-state index is 12.6. The number of carbonyl (C=O) groups is 1. The molecular weight excluding hydrogens is 253 g/mol. The molecule has 0 aliphatic carbocycles. The third-order valence-corrected chi connectivity index (χ3v) is 1.96. The molecule has 1 rings (SSSR count). The fourth-order valence-electron chi connectivity index (χ4n) is 1.21. The highest BCUT2D eigenvalue weighted by Gasteiger charge is 2.33. The zero-order chi connectivity index (χ0) is 13.6. The number of alkyl halides is 3. The molecule has 0 saturated heterocycles. The molecule has 0 unspecified atom stereocenters. The van der Waals surface area contributed by atoms with E-state index in [4.69, 9.17) is 0 Å². The molecule has 0 amide bonds. The highest BCUT2D eigenvalue weighted by molar-refractivity contribution is 5.59. The number of rotatable bonds is 4. The van der Waals surface area contributed by atoms with E-state index in [-0.39, 0.29) is 12.4 Å². The maximum Gasteiger partial charge on any atom is 0.510 e. The van der Waals surface area contributed by atoms with Crippen LogP contribution in [0.5, 0.6) is 0 Å². The summed E-state index contributed by atoms with van der Waals surface area (Å²) in [6, 6.07) is 4.83. The van der Waals surface area contributed by atoms with Gasteiger partial charge in [-0.25, -0.2) is 4.79 Å². The van der Waals surface area contributed by atoms with Gasteiger partial charge in [0.05, 0.1) is 5.56 Å². The van der Waals surface area contributed by atoms with Crippen LogP contribution in [0.2, 0.25) is 0 Å². The van der Waals surface area contributed by atoms with Crippen LogP contribution in [0.3, 0.4) is 0 Å². The lowest BCUT2D eigenvalue weighted by Gasteiger charge is -2.12. The predicted octanol–water partition coefficient (Wildman–Crippen LogP) is 2.96. The Morgan fingerprint density at radius 2 is 1.89 bits per heavy atom. The Morgan fingerprint density at radius 3 is 2.50 bits per heavy atom. The molecule has 0 aliphatic rings. The molecule has 0 fully saturated rings. The van der Waals surface area contributed by atoms with Gasteiger partial charge in [0.25, 0.3) is 0 Å². The fraction of sp³-hybridized carbons (Fsp3) is 0.364. The Balaban J connectivity index is 2.65. The largest absolute Gasteiger partial charge is 0.510 e. The van der Waals surface area contributed by atoms with Crippen molar-refractivity contribution in [2.45, 2.75) is 12.8 Å². The number of methoxy groups -OCH3 is 1. The number of ether oxygens (including phenoxy) is 3. The van der Waals surface area contributed by atoms with Gasteiger partial charge in [-0.05, 0) is 6.07 Å². The van der Waals surface area contributed by atoms with Crippen LogP contribution in [0.1, 0.15) is 11.1 Å². The fourth-order valence-corrected chi connectivity index (χ4v) is 1.21. The van der Waals surface area contributed by atoms with Crippen molar-refractivity contribution in [1.29, 1.82) is 0 Å². The van der Waals surface area contributed by atoms with E-state index in [1.807, 2.05) is 0 Å². The quantitative estimate of drug-likeness (QED) is 0.619. The second kappa shape index (κ2) is 6.25. The van der Waals surface area contributed by atoms with E-state index in [0.717, 1.165) is 6.07 Å². The van der Waals surface area contributed by atoms with E-state index in [0.29, 0.717) is 0 Å². The second-order valence-electron chi connectivity index (χ2n) is 3.24. The third-order valence-electron chi connectivity index (χ3n) is 1.96. The van der Waals surface area contributed by atoms with E-state index in [2.05, 4.69) is 14.2 Å². The molecule has 0 radical (unpaired) electrons. The smallest absolute Gasteiger partial charge is 0.429 e. The summed E-state index contributed by atoms with van der Waals surface area (Å²) in [5, 5.41) is 0. The summed E-state index contributed by atoms with van der Waals surface area (Å²) >= 11 is 0. The summed E-state index contributed by atoms with van der Waals surface area (Å²) in [5.41, 5.74) is -0.982. The van der Waals surface area contributed by atoms with Crippen molar-refractivity contribution in [2.24, 2.45) is 0 Å². The average molecular weight is 264 g/mol. The van der Waals surface area contributed by atoms with Crippen molar-refractivity contribution < 1.29 is 32.2 Å². The zero-order valence-corrected chi connectivity index (χ0v) is 9.49. The molecule has 0 spiro atoms. The first-order chi connectivity index (χ1) is 8.45. The zero-order valence-electron chi connectivity index (χ0n) is 9.49. The standard InChI is InChI=1S/C11H11F3O4/c1-16-7-18-10(15)17-6-8-4-2-3-5-9(8)11(12,13)14/h2-5H,6-7H2,1H3. The lowest BCUT2D eigenvalue weighted by atomic mass is 10.1. The minimum absolute atomic E-state index is 0.139. The molecule has 1 aromatic rings. The third kappa shape index (κ3) is 4.25. The molecular formula is C11H11F3O4. The number of benzene rings is 1. The molecule has 18 heavy (non-hydrogen) atoms. The molecule has 4 nitrogen and oxygen atoms in total. The van der Waals surface area contributed by atoms with Crippen LogP contribution in [0, 0.1) is 0 Å². The van der Waals surface area contributed by atoms with E-state index in [9.17, 15) is 18.0 Å². The van der Waals surface area contributed by atoms with Gasteiger partial charge in [-0.1, -0.05) is 18.2 Å². The summed E-state index contributed by atoms with van der Waals surface area (Å²) in [4.78, 5) is 10.9. The van der Waals surface area contributed by atoms with Crippen LogP contribution in [-0.4, -0.2) is 20.1 Å². The molecule has 1 aromatic carbocycles. The predicted molar refractivity (Wildman–Crippen MR) is 54.6 cm³/mol. The van der Waals surface area contributed by atoms with Gasteiger partial charge < -0.3 is 14.2 Å². The molecule has 0 bridgehead atoms. The molecule has 0 heterocycles. The van der Waals surface area contributed by atoms with Gasteiger partial charge in [-0.15, -0.1) is 0 Å². The van der Waals surface area contributed by atoms with Crippen molar-refractivity contribution in [3.8, 4) is 0 Å². The Kier molecular flexibility index (Phi) is 4.96. The summed E-state index contributed by atoms with van der Waals surface area (Å²) in [5.74, 6) is 0. The van der Waals surface area contributed by atoms with E-state index in [1.54, 1.807) is 0 Å². The van der Waals surface area contributed by atoms with E-state index in [1.165, 1.54) is 25.3 Å². The molecule has 7 heteroatoms. The van der Waals surface area contributed by atoms with Gasteiger partial charge in [-0.3, -0.25) is 0 Å². The summed E-state index contributed by atoms with van der Waals surface area (Å²) in [6.07, 6.45) is -5.58. The van der Waals surface area contributed by atoms with E-state index >= 15 is 0 Å². The molecule has 0 saturated carbocycles. The van der Waals surface area contributed by atoms with Gasteiger partial charge in [0.1, 0.15) is 6.61 Å². The summed E-state index contributed by atoms with van der Waals surface area (Å²) < 4.78 is 51.1. The molecule has 0 atom stereocenters. The van der Waals surface area contributed by atoms with Gasteiger partial charge >= 0.3 is 12.3 Å². The SMILES string of the molecule is COCOC(=O)OCc1ccccc1C(F)(F)F. The van der Waals surface area contributed by atoms with Gasteiger partial charge in [0.2, 0.25) is 0 Å². The van der Waals surface area contributed by atoms with Gasteiger partial charge in [0, 0.05) is 12.7 Å². The van der Waals surface area contributed by atoms with Gasteiger partial charge in [0.15, 0.2) is 6.79 Å². The van der Waals surface area contributed by atoms with Gasteiger partial charge in [-0.2, -0.15) is 13.2 Å².